The number of nitrogens with zero attached hydrogens (tertiary/aromatic N) is 3. The first-order chi connectivity index (χ1) is 14.5. The van der Waals surface area contributed by atoms with Crippen LogP contribution in [0.2, 0.25) is 0 Å². The summed E-state index contributed by atoms with van der Waals surface area (Å²) in [5.74, 6) is -0.741. The van der Waals surface area contributed by atoms with Crippen LogP contribution in [0.25, 0.3) is 0 Å². The van der Waals surface area contributed by atoms with E-state index in [1.165, 1.54) is 14.1 Å². The van der Waals surface area contributed by atoms with Crippen LogP contribution < -0.4 is 10.6 Å². The third kappa shape index (κ3) is 4.88. The van der Waals surface area contributed by atoms with Gasteiger partial charge in [-0.25, -0.2) is 0 Å². The summed E-state index contributed by atoms with van der Waals surface area (Å²) in [6, 6.07) is 5.09. The van der Waals surface area contributed by atoms with Gasteiger partial charge in [-0.2, -0.15) is 13.2 Å². The van der Waals surface area contributed by atoms with Gasteiger partial charge in [0.1, 0.15) is 11.5 Å². The number of aryl methyl sites for hydroxylation is 1. The molecule has 0 aliphatic carbocycles. The number of carbonyl (C=O) groups is 1. The minimum Gasteiger partial charge on any atom is -0.546 e. The van der Waals surface area contributed by atoms with Crippen LogP contribution in [-0.2, 0) is 12.7 Å². The van der Waals surface area contributed by atoms with Crippen LogP contribution in [0, 0.1) is 6.92 Å². The Kier molecular flexibility index (Phi) is 6.08. The number of benzene rings is 1. The van der Waals surface area contributed by atoms with Gasteiger partial charge in [0.25, 0.3) is 5.91 Å². The number of hydrogen-bond acceptors (Lipinski definition) is 8. The number of amides is 1. The zero-order valence-electron chi connectivity index (χ0n) is 16.6. The van der Waals surface area contributed by atoms with Gasteiger partial charge in [0.05, 0.1) is 23.4 Å². The smallest absolute Gasteiger partial charge is 0.417 e. The van der Waals surface area contributed by atoms with Gasteiger partial charge in [-0.3, -0.25) is 4.79 Å². The molecular weight excluding hydrogens is 439 g/mol. The van der Waals surface area contributed by atoms with Gasteiger partial charge in [0.2, 0.25) is 11.6 Å². The zero-order chi connectivity index (χ0) is 22.9. The predicted octanol–water partition coefficient (Wildman–Crippen LogP) is 3.89. The van der Waals surface area contributed by atoms with Crippen LogP contribution in [0.4, 0.5) is 30.5 Å². The number of alkyl halides is 3. The number of aromatic nitrogens is 2. The summed E-state index contributed by atoms with van der Waals surface area (Å²) in [4.78, 5) is 13.2. The van der Waals surface area contributed by atoms with Gasteiger partial charge in [-0.15, -0.1) is 0 Å². The second-order valence-electron chi connectivity index (χ2n) is 6.68. The van der Waals surface area contributed by atoms with Gasteiger partial charge in [-0.1, -0.05) is 0 Å². The summed E-state index contributed by atoms with van der Waals surface area (Å²) in [5.41, 5.74) is -2.44. The fraction of sp³-hybridized carbons (Fsp3) is 0.278. The van der Waals surface area contributed by atoms with Crippen molar-refractivity contribution in [1.29, 1.82) is 0 Å². The molecule has 0 aliphatic heterocycles. The van der Waals surface area contributed by atoms with E-state index in [0.717, 1.165) is 11.0 Å². The van der Waals surface area contributed by atoms with E-state index in [0.29, 0.717) is 17.6 Å². The number of halogens is 3. The molecule has 3 aromatic rings. The molecule has 1 amide bonds. The Morgan fingerprint density at radius 3 is 2.48 bits per heavy atom. The van der Waals surface area contributed by atoms with E-state index in [4.69, 9.17) is 4.42 Å². The summed E-state index contributed by atoms with van der Waals surface area (Å²) >= 11 is -1.97. The second-order valence-corrected chi connectivity index (χ2v) is 7.51. The summed E-state index contributed by atoms with van der Waals surface area (Å²) in [7, 11) is 2.52. The van der Waals surface area contributed by atoms with Gasteiger partial charge < -0.3 is 29.6 Å². The molecule has 0 spiro atoms. The normalized spacial score (nSPS) is 12.0. The average Bonchev–Trinajstić information content (AvgIpc) is 3.24. The fourth-order valence-electron chi connectivity index (χ4n) is 2.71. The van der Waals surface area contributed by atoms with Crippen molar-refractivity contribution < 1.29 is 32.0 Å². The van der Waals surface area contributed by atoms with E-state index in [9.17, 15) is 27.6 Å². The molecule has 3 N–H and O–H groups in total. The van der Waals surface area contributed by atoms with Crippen molar-refractivity contribution in [2.24, 2.45) is 0 Å². The number of carbonyl (C=O) groups excluding carboxylic acids is 1. The molecule has 0 aliphatic rings. The number of rotatable bonds is 6. The van der Waals surface area contributed by atoms with E-state index in [-0.39, 0.29) is 23.9 Å². The molecule has 2 aromatic heterocycles. The number of hydrogen-bond donors (Lipinski definition) is 3. The lowest BCUT2D eigenvalue weighted by atomic mass is 10.0. The average molecular weight is 457 g/mol. The van der Waals surface area contributed by atoms with Gasteiger partial charge in [0, 0.05) is 22.8 Å². The molecule has 9 nitrogen and oxygen atoms in total. The van der Waals surface area contributed by atoms with E-state index in [1.807, 2.05) is 0 Å². The molecule has 31 heavy (non-hydrogen) atoms. The first kappa shape index (κ1) is 22.4. The number of phenolic OH excluding ortho intramolecular Hbond substituents is 1. The topological polar surface area (TPSA) is 127 Å². The monoisotopic (exact) mass is 457 g/mol. The summed E-state index contributed by atoms with van der Waals surface area (Å²) < 4.78 is 64.8. The second kappa shape index (κ2) is 8.43. The Hall–Kier alpha value is -3.32. The van der Waals surface area contributed by atoms with Crippen molar-refractivity contribution in [3.05, 3.63) is 46.9 Å². The molecule has 0 fully saturated rings. The maximum Gasteiger partial charge on any atom is 0.417 e. The molecule has 0 saturated carbocycles. The van der Waals surface area contributed by atoms with Crippen LogP contribution in [0.5, 0.6) is 5.75 Å². The Bertz CT molecular complexity index is 1110. The first-order valence-corrected chi connectivity index (χ1v) is 9.84. The maximum atomic E-state index is 13.4. The Balaban J connectivity index is 1.94. The third-order valence-electron chi connectivity index (χ3n) is 4.15. The van der Waals surface area contributed by atoms with Crippen LogP contribution in [-0.4, -0.2) is 43.3 Å². The Morgan fingerprint density at radius 2 is 1.90 bits per heavy atom. The van der Waals surface area contributed by atoms with Gasteiger partial charge in [-0.05, 0) is 31.2 Å². The standard InChI is InChI=1S/C18H18F3N5O4S/c1-9-4-5-10(30-9)8-22-15-16(25-31(29)24-15)23-12-7-6-11(18(19,20)21)13(14(12)27)17(28)26(2)3/h4-7,27H,8H2,1-3H3,(H,22,24)(H,23,25). The number of anilines is 3. The number of aromatic hydroxyl groups is 1. The quantitative estimate of drug-likeness (QED) is 0.376. The number of furan rings is 1. The highest BCUT2D eigenvalue weighted by Gasteiger charge is 2.38. The van der Waals surface area contributed by atoms with Gasteiger partial charge >= 0.3 is 6.18 Å². The van der Waals surface area contributed by atoms with E-state index < -0.39 is 40.1 Å². The molecule has 2 heterocycles. The SMILES string of the molecule is Cc1ccc(CNc2n[s+]([O-])nc2Nc2ccc(C(F)(F)F)c(C(=O)N(C)C)c2O)o1. The highest BCUT2D eigenvalue weighted by atomic mass is 32.2. The van der Waals surface area contributed by atoms with Crippen molar-refractivity contribution in [3.8, 4) is 5.75 Å². The minimum absolute atomic E-state index is 0.0483. The predicted molar refractivity (Wildman–Crippen MR) is 106 cm³/mol. The van der Waals surface area contributed by atoms with Crippen molar-refractivity contribution in [2.45, 2.75) is 19.6 Å². The summed E-state index contributed by atoms with van der Waals surface area (Å²) in [6.45, 7) is 1.94. The Labute approximate surface area is 177 Å². The number of nitrogens with one attached hydrogen (secondary N) is 2. The van der Waals surface area contributed by atoms with Gasteiger partial charge in [0.15, 0.2) is 16.9 Å². The molecular formula is C18H18F3N5O4S. The molecule has 166 valence electrons. The van der Waals surface area contributed by atoms with E-state index in [2.05, 4.69) is 19.4 Å². The lowest BCUT2D eigenvalue weighted by Gasteiger charge is -2.19. The molecule has 1 aromatic carbocycles. The molecule has 0 radical (unpaired) electrons. The lowest BCUT2D eigenvalue weighted by molar-refractivity contribution is -0.138. The summed E-state index contributed by atoms with van der Waals surface area (Å²) in [6.07, 6.45) is -4.86. The lowest BCUT2D eigenvalue weighted by Crippen LogP contribution is -2.25. The molecule has 0 bridgehead atoms. The Morgan fingerprint density at radius 1 is 1.23 bits per heavy atom. The highest BCUT2D eigenvalue weighted by molar-refractivity contribution is 7.14. The minimum atomic E-state index is -4.86. The molecule has 3 rings (SSSR count). The molecule has 13 heteroatoms. The maximum absolute atomic E-state index is 13.4. The number of phenols is 1. The van der Waals surface area contributed by atoms with E-state index in [1.54, 1.807) is 19.1 Å². The van der Waals surface area contributed by atoms with Crippen LogP contribution in [0.3, 0.4) is 0 Å². The van der Waals surface area contributed by atoms with Crippen molar-refractivity contribution in [2.75, 3.05) is 24.7 Å². The highest BCUT2D eigenvalue weighted by Crippen LogP contribution is 2.41. The third-order valence-corrected chi connectivity index (χ3v) is 4.82. The van der Waals surface area contributed by atoms with Crippen LogP contribution >= 0.6 is 11.1 Å². The largest absolute Gasteiger partial charge is 0.546 e. The van der Waals surface area contributed by atoms with E-state index >= 15 is 0 Å². The molecule has 0 saturated heterocycles. The summed E-state index contributed by atoms with van der Waals surface area (Å²) in [5, 5.41) is 15.9. The fourth-order valence-corrected chi connectivity index (χ4v) is 3.34. The van der Waals surface area contributed by atoms with Crippen LogP contribution in [0.15, 0.2) is 28.7 Å². The van der Waals surface area contributed by atoms with Crippen LogP contribution in [0.1, 0.15) is 27.4 Å². The first-order valence-electron chi connectivity index (χ1n) is 8.78. The van der Waals surface area contributed by atoms with Crippen molar-refractivity contribution >= 4 is 34.4 Å². The molecule has 1 atom stereocenters. The van der Waals surface area contributed by atoms with Crippen molar-refractivity contribution in [3.63, 3.8) is 0 Å². The zero-order valence-corrected chi connectivity index (χ0v) is 17.4. The molecule has 1 unspecified atom stereocenters. The van der Waals surface area contributed by atoms with Crippen molar-refractivity contribution in [1.82, 2.24) is 13.6 Å².